The van der Waals surface area contributed by atoms with Crippen molar-refractivity contribution in [1.82, 2.24) is 15.0 Å². The van der Waals surface area contributed by atoms with Gasteiger partial charge in [-0.25, -0.2) is 15.0 Å². The minimum atomic E-state index is 0.733. The van der Waals surface area contributed by atoms with Gasteiger partial charge in [-0.15, -0.1) is 11.3 Å². The Bertz CT molecular complexity index is 2180. The quantitative estimate of drug-likeness (QED) is 0.222. The summed E-state index contributed by atoms with van der Waals surface area (Å²) in [6.07, 6.45) is 0. The minimum Gasteiger partial charge on any atom is -0.236 e. The highest BCUT2D eigenvalue weighted by atomic mass is 32.1. The molecule has 0 saturated carbocycles. The lowest BCUT2D eigenvalue weighted by molar-refractivity contribution is 1.23. The molecule has 192 valence electrons. The third-order valence-electron chi connectivity index (χ3n) is 7.51. The fourth-order valence-corrected chi connectivity index (χ4v) is 6.36. The van der Waals surface area contributed by atoms with E-state index in [0.717, 1.165) is 60.8 Å². The van der Waals surface area contributed by atoms with Crippen LogP contribution in [0.4, 0.5) is 0 Å². The first-order valence-corrected chi connectivity index (χ1v) is 14.4. The van der Waals surface area contributed by atoms with Gasteiger partial charge in [0.1, 0.15) is 5.01 Å². The van der Waals surface area contributed by atoms with Gasteiger partial charge in [0.25, 0.3) is 0 Å². The van der Waals surface area contributed by atoms with Gasteiger partial charge in [0.15, 0.2) is 5.82 Å². The first-order valence-electron chi connectivity index (χ1n) is 13.6. The van der Waals surface area contributed by atoms with Crippen LogP contribution in [0.1, 0.15) is 0 Å². The maximum Gasteiger partial charge on any atom is 0.160 e. The van der Waals surface area contributed by atoms with Crippen molar-refractivity contribution in [2.45, 2.75) is 0 Å². The van der Waals surface area contributed by atoms with Gasteiger partial charge in [0.2, 0.25) is 0 Å². The molecule has 0 fully saturated rings. The van der Waals surface area contributed by atoms with Crippen molar-refractivity contribution in [3.8, 4) is 44.3 Å². The van der Waals surface area contributed by atoms with Crippen molar-refractivity contribution < 1.29 is 0 Å². The summed E-state index contributed by atoms with van der Waals surface area (Å²) < 4.78 is 1.21. The van der Waals surface area contributed by atoms with E-state index in [1.165, 1.54) is 15.5 Å². The molecule has 0 spiro atoms. The number of fused-ring (bicyclic) bond motifs is 3. The van der Waals surface area contributed by atoms with Crippen LogP contribution in [0.25, 0.3) is 76.2 Å². The highest BCUT2D eigenvalue weighted by molar-refractivity contribution is 7.21. The number of hydrogen-bond acceptors (Lipinski definition) is 4. The summed E-state index contributed by atoms with van der Waals surface area (Å²) in [4.78, 5) is 14.9. The number of rotatable bonds is 4. The van der Waals surface area contributed by atoms with Gasteiger partial charge in [-0.05, 0) is 52.2 Å². The predicted molar refractivity (Wildman–Crippen MR) is 172 cm³/mol. The summed E-state index contributed by atoms with van der Waals surface area (Å²) in [5.41, 5.74) is 8.46. The molecule has 0 saturated heterocycles. The number of thiazole rings is 1. The molecule has 2 heterocycles. The standard InChI is InChI=1S/C37H23N3S/c1-2-9-27-22-29(21-18-24(27)8-1)36-38-32-13-4-3-12-31(32)35(40-36)26-19-16-25(17-20-26)28-10-7-11-30(23-28)37-39-33-14-5-6-15-34(33)41-37/h1-23H. The zero-order chi connectivity index (χ0) is 27.2. The number of hydrogen-bond donors (Lipinski definition) is 0. The molecule has 8 rings (SSSR count). The zero-order valence-corrected chi connectivity index (χ0v) is 22.8. The smallest absolute Gasteiger partial charge is 0.160 e. The van der Waals surface area contributed by atoms with Gasteiger partial charge < -0.3 is 0 Å². The van der Waals surface area contributed by atoms with Gasteiger partial charge in [-0.3, -0.25) is 0 Å². The third-order valence-corrected chi connectivity index (χ3v) is 8.59. The molecular weight excluding hydrogens is 518 g/mol. The average molecular weight is 542 g/mol. The Kier molecular flexibility index (Phi) is 5.64. The normalized spacial score (nSPS) is 11.4. The van der Waals surface area contributed by atoms with Crippen LogP contribution in [0.15, 0.2) is 140 Å². The van der Waals surface area contributed by atoms with Crippen molar-refractivity contribution in [3.63, 3.8) is 0 Å². The van der Waals surface area contributed by atoms with E-state index in [0.29, 0.717) is 0 Å². The lowest BCUT2D eigenvalue weighted by Crippen LogP contribution is -1.95. The molecule has 0 N–H and O–H groups in total. The second kappa shape index (κ2) is 9.77. The van der Waals surface area contributed by atoms with Crippen LogP contribution in [0.5, 0.6) is 0 Å². The summed E-state index contributed by atoms with van der Waals surface area (Å²) in [7, 11) is 0. The topological polar surface area (TPSA) is 38.7 Å². The Morgan fingerprint density at radius 2 is 1.12 bits per heavy atom. The van der Waals surface area contributed by atoms with Gasteiger partial charge in [-0.1, -0.05) is 109 Å². The highest BCUT2D eigenvalue weighted by Gasteiger charge is 2.13. The maximum atomic E-state index is 5.11. The monoisotopic (exact) mass is 541 g/mol. The second-order valence-corrected chi connectivity index (χ2v) is 11.2. The van der Waals surface area contributed by atoms with Crippen molar-refractivity contribution in [2.75, 3.05) is 0 Å². The van der Waals surface area contributed by atoms with E-state index < -0.39 is 0 Å². The Hall–Kier alpha value is -5.19. The molecule has 0 aliphatic heterocycles. The summed E-state index contributed by atoms with van der Waals surface area (Å²) in [6, 6.07) is 48.7. The Labute approximate surface area is 241 Å². The van der Waals surface area contributed by atoms with E-state index in [9.17, 15) is 0 Å². The van der Waals surface area contributed by atoms with Crippen LogP contribution >= 0.6 is 11.3 Å². The molecule has 0 radical (unpaired) electrons. The van der Waals surface area contributed by atoms with Gasteiger partial charge in [-0.2, -0.15) is 0 Å². The fourth-order valence-electron chi connectivity index (χ4n) is 5.40. The average Bonchev–Trinajstić information content (AvgIpc) is 3.49. The Morgan fingerprint density at radius 1 is 0.415 bits per heavy atom. The maximum absolute atomic E-state index is 5.11. The molecule has 6 aromatic carbocycles. The molecule has 4 heteroatoms. The number of para-hydroxylation sites is 2. The predicted octanol–water partition coefficient (Wildman–Crippen LogP) is 10.1. The van der Waals surface area contributed by atoms with Crippen molar-refractivity contribution in [1.29, 1.82) is 0 Å². The fraction of sp³-hybridized carbons (Fsp3) is 0. The summed E-state index contributed by atoms with van der Waals surface area (Å²) in [5, 5.41) is 4.47. The third kappa shape index (κ3) is 4.35. The van der Waals surface area contributed by atoms with Crippen molar-refractivity contribution in [2.24, 2.45) is 0 Å². The molecule has 8 aromatic rings. The van der Waals surface area contributed by atoms with E-state index >= 15 is 0 Å². The van der Waals surface area contributed by atoms with Crippen LogP contribution in [-0.4, -0.2) is 15.0 Å². The molecular formula is C37H23N3S. The van der Waals surface area contributed by atoms with Crippen LogP contribution in [-0.2, 0) is 0 Å². The SMILES string of the molecule is c1cc(-c2ccc(-c3nc(-c4ccc5ccccc5c4)nc4ccccc34)cc2)cc(-c2nc3ccccc3s2)c1. The molecule has 2 aromatic heterocycles. The van der Waals surface area contributed by atoms with Crippen LogP contribution in [0, 0.1) is 0 Å². The van der Waals surface area contributed by atoms with Gasteiger partial charge in [0, 0.05) is 22.1 Å². The molecule has 41 heavy (non-hydrogen) atoms. The molecule has 0 unspecified atom stereocenters. The molecule has 0 bridgehead atoms. The first kappa shape index (κ1) is 23.7. The molecule has 0 aliphatic carbocycles. The lowest BCUT2D eigenvalue weighted by atomic mass is 9.99. The molecule has 0 atom stereocenters. The Morgan fingerprint density at radius 3 is 2.00 bits per heavy atom. The van der Waals surface area contributed by atoms with Crippen LogP contribution in [0.3, 0.4) is 0 Å². The zero-order valence-electron chi connectivity index (χ0n) is 22.0. The second-order valence-electron chi connectivity index (χ2n) is 10.1. The van der Waals surface area contributed by atoms with E-state index in [-0.39, 0.29) is 0 Å². The summed E-state index contributed by atoms with van der Waals surface area (Å²) in [6.45, 7) is 0. The van der Waals surface area contributed by atoms with Crippen molar-refractivity contribution >= 4 is 43.2 Å². The number of aromatic nitrogens is 3. The van der Waals surface area contributed by atoms with Crippen molar-refractivity contribution in [3.05, 3.63) is 140 Å². The van der Waals surface area contributed by atoms with Crippen LogP contribution < -0.4 is 0 Å². The van der Waals surface area contributed by atoms with Gasteiger partial charge in [0.05, 0.1) is 21.4 Å². The number of nitrogens with zero attached hydrogens (tertiary/aromatic N) is 3. The first-order chi connectivity index (χ1) is 20.3. The van der Waals surface area contributed by atoms with E-state index in [1.54, 1.807) is 11.3 Å². The Balaban J connectivity index is 1.18. The molecule has 0 aliphatic rings. The van der Waals surface area contributed by atoms with E-state index in [1.807, 2.05) is 18.2 Å². The molecule has 0 amide bonds. The summed E-state index contributed by atoms with van der Waals surface area (Å²) in [5.74, 6) is 0.733. The summed E-state index contributed by atoms with van der Waals surface area (Å²) >= 11 is 1.73. The van der Waals surface area contributed by atoms with E-state index in [2.05, 4.69) is 121 Å². The highest BCUT2D eigenvalue weighted by Crippen LogP contribution is 2.34. The van der Waals surface area contributed by atoms with Crippen LogP contribution in [0.2, 0.25) is 0 Å². The largest absolute Gasteiger partial charge is 0.236 e. The van der Waals surface area contributed by atoms with E-state index in [4.69, 9.17) is 15.0 Å². The minimum absolute atomic E-state index is 0.733. The number of benzene rings is 6. The van der Waals surface area contributed by atoms with Gasteiger partial charge >= 0.3 is 0 Å². The lowest BCUT2D eigenvalue weighted by Gasteiger charge is -2.11. The molecule has 3 nitrogen and oxygen atoms in total.